The summed E-state index contributed by atoms with van der Waals surface area (Å²) in [4.78, 5) is 28.3. The van der Waals surface area contributed by atoms with Crippen molar-refractivity contribution in [3.05, 3.63) is 96.1 Å². The van der Waals surface area contributed by atoms with Crippen LogP contribution in [-0.4, -0.2) is 44.3 Å². The van der Waals surface area contributed by atoms with E-state index in [4.69, 9.17) is 9.16 Å². The van der Waals surface area contributed by atoms with Crippen molar-refractivity contribution in [1.29, 1.82) is 0 Å². The van der Waals surface area contributed by atoms with Crippen molar-refractivity contribution < 1.29 is 18.8 Å². The number of carbonyl (C=O) groups is 2. The Morgan fingerprint density at radius 3 is 2.08 bits per heavy atom. The minimum atomic E-state index is -2.86. The van der Waals surface area contributed by atoms with Crippen LogP contribution >= 0.6 is 0 Å². The Morgan fingerprint density at radius 2 is 1.50 bits per heavy atom. The third-order valence-electron chi connectivity index (χ3n) is 8.10. The standard InChI is InChI=1S/C32H37NO4Si/c1-5-36-29(34)22-27-28(20-21-33-30(27)25-18-12-13-19-26(25)31(33)35)37-38(32(2,3)4,23-14-8-6-9-15-23)24-16-10-7-11-17-24/h6-19,27-28,30H,5,20-22H2,1-4H3/t27-,28-,30-/m0/s1. The number of fused-ring (bicyclic) bond motifs is 3. The van der Waals surface area contributed by atoms with Crippen molar-refractivity contribution in [1.82, 2.24) is 4.90 Å². The highest BCUT2D eigenvalue weighted by atomic mass is 28.4. The van der Waals surface area contributed by atoms with E-state index in [-0.39, 0.29) is 41.4 Å². The van der Waals surface area contributed by atoms with Crippen molar-refractivity contribution in [2.45, 2.75) is 57.7 Å². The van der Waals surface area contributed by atoms with E-state index in [1.807, 2.05) is 48.2 Å². The Balaban J connectivity index is 1.64. The molecule has 38 heavy (non-hydrogen) atoms. The second kappa shape index (κ2) is 10.5. The number of esters is 1. The number of ether oxygens (including phenoxy) is 1. The molecule has 2 heterocycles. The molecule has 3 aromatic rings. The van der Waals surface area contributed by atoms with Gasteiger partial charge in [-0.05, 0) is 40.4 Å². The Bertz CT molecular complexity index is 1250. The summed E-state index contributed by atoms with van der Waals surface area (Å²) in [6.45, 7) is 9.56. The maximum absolute atomic E-state index is 13.4. The van der Waals surface area contributed by atoms with Crippen LogP contribution in [0.3, 0.4) is 0 Å². The highest BCUT2D eigenvalue weighted by Gasteiger charge is 2.55. The molecule has 1 amide bonds. The van der Waals surface area contributed by atoms with Gasteiger partial charge in [0.25, 0.3) is 14.2 Å². The summed E-state index contributed by atoms with van der Waals surface area (Å²) in [6.07, 6.45) is 0.663. The predicted molar refractivity (Wildman–Crippen MR) is 152 cm³/mol. The fourth-order valence-electron chi connectivity index (χ4n) is 6.50. The lowest BCUT2D eigenvalue weighted by Gasteiger charge is -2.50. The van der Waals surface area contributed by atoms with Crippen LogP contribution in [0.4, 0.5) is 0 Å². The van der Waals surface area contributed by atoms with Gasteiger partial charge in [0.05, 0.1) is 25.2 Å². The predicted octanol–water partition coefficient (Wildman–Crippen LogP) is 5.10. The topological polar surface area (TPSA) is 55.8 Å². The van der Waals surface area contributed by atoms with E-state index in [2.05, 4.69) is 69.3 Å². The second-order valence-corrected chi connectivity index (χ2v) is 15.6. The Morgan fingerprint density at radius 1 is 0.921 bits per heavy atom. The third kappa shape index (κ3) is 4.50. The molecule has 0 N–H and O–H groups in total. The van der Waals surface area contributed by atoms with E-state index in [9.17, 15) is 9.59 Å². The molecule has 2 aliphatic heterocycles. The van der Waals surface area contributed by atoms with Gasteiger partial charge in [-0.2, -0.15) is 0 Å². The Labute approximate surface area is 226 Å². The first-order valence-electron chi connectivity index (χ1n) is 13.6. The zero-order valence-corrected chi connectivity index (χ0v) is 23.7. The molecule has 3 atom stereocenters. The molecule has 6 heteroatoms. The van der Waals surface area contributed by atoms with Crippen LogP contribution in [0.5, 0.6) is 0 Å². The van der Waals surface area contributed by atoms with Gasteiger partial charge in [-0.1, -0.05) is 99.6 Å². The minimum absolute atomic E-state index is 0.0448. The summed E-state index contributed by atoms with van der Waals surface area (Å²) in [5.74, 6) is -0.410. The number of nitrogens with zero attached hydrogens (tertiary/aromatic N) is 1. The number of rotatable bonds is 7. The first kappa shape index (κ1) is 26.4. The lowest BCUT2D eigenvalue weighted by Crippen LogP contribution is -2.69. The highest BCUT2D eigenvalue weighted by Crippen LogP contribution is 2.48. The van der Waals surface area contributed by atoms with Crippen LogP contribution in [0, 0.1) is 5.92 Å². The summed E-state index contributed by atoms with van der Waals surface area (Å²) in [5.41, 5.74) is 1.72. The van der Waals surface area contributed by atoms with Gasteiger partial charge in [-0.25, -0.2) is 0 Å². The van der Waals surface area contributed by atoms with E-state index in [0.717, 1.165) is 11.1 Å². The molecule has 1 fully saturated rings. The second-order valence-electron chi connectivity index (χ2n) is 11.3. The van der Waals surface area contributed by atoms with Gasteiger partial charge >= 0.3 is 5.97 Å². The zero-order chi connectivity index (χ0) is 26.9. The summed E-state index contributed by atoms with van der Waals surface area (Å²) >= 11 is 0. The molecule has 0 unspecified atom stereocenters. The molecule has 0 aliphatic carbocycles. The van der Waals surface area contributed by atoms with Gasteiger partial charge in [0, 0.05) is 18.0 Å². The molecule has 1 saturated heterocycles. The van der Waals surface area contributed by atoms with Crippen LogP contribution < -0.4 is 10.4 Å². The molecule has 0 bridgehead atoms. The lowest BCUT2D eigenvalue weighted by molar-refractivity contribution is -0.146. The fraction of sp³-hybridized carbons (Fsp3) is 0.375. The molecular weight excluding hydrogens is 490 g/mol. The quantitative estimate of drug-likeness (QED) is 0.317. The first-order chi connectivity index (χ1) is 18.3. The molecule has 0 spiro atoms. The number of hydrogen-bond donors (Lipinski definition) is 0. The number of benzene rings is 3. The van der Waals surface area contributed by atoms with Crippen LogP contribution in [0.25, 0.3) is 0 Å². The summed E-state index contributed by atoms with van der Waals surface area (Å²) in [5, 5.41) is 2.22. The fourth-order valence-corrected chi connectivity index (χ4v) is 11.3. The van der Waals surface area contributed by atoms with Gasteiger partial charge in [0.1, 0.15) is 0 Å². The molecule has 0 saturated carbocycles. The largest absolute Gasteiger partial charge is 0.466 e. The SMILES string of the molecule is CCOC(=O)C[C@H]1[C@@H](O[Si](c2ccccc2)(c2ccccc2)C(C)(C)C)CCN2C(=O)c3ccccc3[C@@H]12. The van der Waals surface area contributed by atoms with Crippen LogP contribution in [-0.2, 0) is 14.0 Å². The number of piperidine rings is 1. The van der Waals surface area contributed by atoms with E-state index in [1.54, 1.807) is 0 Å². The van der Waals surface area contributed by atoms with Gasteiger partial charge in [-0.3, -0.25) is 9.59 Å². The maximum atomic E-state index is 13.4. The van der Waals surface area contributed by atoms with Crippen LogP contribution in [0.2, 0.25) is 5.04 Å². The van der Waals surface area contributed by atoms with Crippen molar-refractivity contribution in [2.24, 2.45) is 5.92 Å². The lowest BCUT2D eigenvalue weighted by atomic mass is 9.82. The molecule has 198 valence electrons. The monoisotopic (exact) mass is 527 g/mol. The number of hydrogen-bond acceptors (Lipinski definition) is 4. The van der Waals surface area contributed by atoms with Crippen molar-refractivity contribution in [2.75, 3.05) is 13.2 Å². The summed E-state index contributed by atoms with van der Waals surface area (Å²) in [7, 11) is -2.86. The minimum Gasteiger partial charge on any atom is -0.466 e. The van der Waals surface area contributed by atoms with Gasteiger partial charge in [0.15, 0.2) is 0 Å². The molecule has 2 aliphatic rings. The van der Waals surface area contributed by atoms with Crippen LogP contribution in [0.1, 0.15) is 62.5 Å². The van der Waals surface area contributed by atoms with Crippen molar-refractivity contribution in [3.63, 3.8) is 0 Å². The van der Waals surface area contributed by atoms with Gasteiger partial charge in [0.2, 0.25) is 0 Å². The van der Waals surface area contributed by atoms with Crippen LogP contribution in [0.15, 0.2) is 84.9 Å². The zero-order valence-electron chi connectivity index (χ0n) is 22.7. The van der Waals surface area contributed by atoms with E-state index in [0.29, 0.717) is 19.6 Å². The molecule has 0 aromatic heterocycles. The molecule has 3 aromatic carbocycles. The highest BCUT2D eigenvalue weighted by molar-refractivity contribution is 6.99. The molecular formula is C32H37NO4Si. The van der Waals surface area contributed by atoms with E-state index in [1.165, 1.54) is 10.4 Å². The molecule has 5 rings (SSSR count). The average molecular weight is 528 g/mol. The summed E-state index contributed by atoms with van der Waals surface area (Å²) < 4.78 is 13.0. The third-order valence-corrected chi connectivity index (χ3v) is 13.2. The van der Waals surface area contributed by atoms with E-state index >= 15 is 0 Å². The first-order valence-corrected chi connectivity index (χ1v) is 15.5. The normalized spacial score (nSPS) is 21.1. The maximum Gasteiger partial charge on any atom is 0.306 e. The Hall–Kier alpha value is -3.22. The van der Waals surface area contributed by atoms with Crippen molar-refractivity contribution in [3.8, 4) is 0 Å². The number of amides is 1. The molecule has 0 radical (unpaired) electrons. The smallest absolute Gasteiger partial charge is 0.306 e. The average Bonchev–Trinajstić information content (AvgIpc) is 3.21. The van der Waals surface area contributed by atoms with Gasteiger partial charge < -0.3 is 14.1 Å². The van der Waals surface area contributed by atoms with Gasteiger partial charge in [-0.15, -0.1) is 0 Å². The Kier molecular flexibility index (Phi) is 7.29. The molecule has 5 nitrogen and oxygen atoms in total. The number of carbonyl (C=O) groups excluding carboxylic acids is 2. The van der Waals surface area contributed by atoms with Crippen molar-refractivity contribution >= 4 is 30.6 Å². The van der Waals surface area contributed by atoms with E-state index < -0.39 is 8.32 Å². The summed E-state index contributed by atoms with van der Waals surface area (Å²) in [6, 6.07) is 28.8.